The Balaban J connectivity index is 1.59. The first kappa shape index (κ1) is 17.7. The molecule has 2 aromatic rings. The Kier molecular flexibility index (Phi) is 5.91. The van der Waals surface area contributed by atoms with E-state index in [1.54, 1.807) is 0 Å². The summed E-state index contributed by atoms with van der Waals surface area (Å²) in [6, 6.07) is 7.54. The van der Waals surface area contributed by atoms with Gasteiger partial charge in [-0.15, -0.1) is 11.3 Å². The quantitative estimate of drug-likeness (QED) is 0.772. The highest BCUT2D eigenvalue weighted by Crippen LogP contribution is 2.26. The Morgan fingerprint density at radius 3 is 2.60 bits per heavy atom. The molecule has 1 unspecified atom stereocenters. The average molecular weight is 360 g/mol. The average Bonchev–Trinajstić information content (AvgIpc) is 3.07. The fourth-order valence-corrected chi connectivity index (χ4v) is 3.58. The maximum absolute atomic E-state index is 12.4. The standard InChI is InChI=1S/C19H24N2O3S/c1-2-17(18(22)24-14-6-4-3-5-7-14)23-15-10-8-13(9-11-15)16-12-25-19(20)21-16/h8-12,14,17H,2-7H2,1H3,(H2,20,21). The monoisotopic (exact) mass is 360 g/mol. The predicted molar refractivity (Wildman–Crippen MR) is 99.6 cm³/mol. The van der Waals surface area contributed by atoms with Crippen molar-refractivity contribution < 1.29 is 14.3 Å². The molecule has 2 N–H and O–H groups in total. The van der Waals surface area contributed by atoms with Crippen LogP contribution in [0.15, 0.2) is 29.6 Å². The molecule has 1 saturated carbocycles. The van der Waals surface area contributed by atoms with Crippen molar-refractivity contribution in [3.05, 3.63) is 29.6 Å². The van der Waals surface area contributed by atoms with Crippen LogP contribution in [-0.4, -0.2) is 23.2 Å². The number of nitrogens with zero attached hydrogens (tertiary/aromatic N) is 1. The van der Waals surface area contributed by atoms with Crippen molar-refractivity contribution in [1.29, 1.82) is 0 Å². The lowest BCUT2D eigenvalue weighted by atomic mass is 9.98. The number of hydrogen-bond donors (Lipinski definition) is 1. The van der Waals surface area contributed by atoms with Gasteiger partial charge in [-0.05, 0) is 56.4 Å². The van der Waals surface area contributed by atoms with Crippen molar-refractivity contribution in [1.82, 2.24) is 4.98 Å². The molecule has 1 aliphatic rings. The summed E-state index contributed by atoms with van der Waals surface area (Å²) in [6.45, 7) is 1.93. The van der Waals surface area contributed by atoms with Gasteiger partial charge < -0.3 is 15.2 Å². The third-order valence-corrected chi connectivity index (χ3v) is 5.09. The molecule has 0 spiro atoms. The second-order valence-corrected chi connectivity index (χ2v) is 7.20. The summed E-state index contributed by atoms with van der Waals surface area (Å²) in [5.74, 6) is 0.394. The van der Waals surface area contributed by atoms with E-state index in [9.17, 15) is 4.79 Å². The van der Waals surface area contributed by atoms with Gasteiger partial charge in [-0.1, -0.05) is 13.3 Å². The van der Waals surface area contributed by atoms with E-state index in [0.717, 1.165) is 36.9 Å². The molecule has 1 fully saturated rings. The summed E-state index contributed by atoms with van der Waals surface area (Å²) in [5, 5.41) is 2.47. The smallest absolute Gasteiger partial charge is 0.347 e. The molecule has 5 nitrogen and oxygen atoms in total. The fraction of sp³-hybridized carbons (Fsp3) is 0.474. The number of aromatic nitrogens is 1. The number of thiazole rings is 1. The van der Waals surface area contributed by atoms with Crippen LogP contribution < -0.4 is 10.5 Å². The van der Waals surface area contributed by atoms with Crippen molar-refractivity contribution in [2.24, 2.45) is 0 Å². The molecule has 0 radical (unpaired) electrons. The van der Waals surface area contributed by atoms with Crippen LogP contribution in [0.1, 0.15) is 45.4 Å². The molecule has 0 saturated heterocycles. The highest BCUT2D eigenvalue weighted by atomic mass is 32.1. The lowest BCUT2D eigenvalue weighted by molar-refractivity contribution is -0.159. The van der Waals surface area contributed by atoms with Gasteiger partial charge in [0.1, 0.15) is 11.9 Å². The summed E-state index contributed by atoms with van der Waals surface area (Å²) < 4.78 is 11.5. The zero-order valence-corrected chi connectivity index (χ0v) is 15.3. The number of nitrogen functional groups attached to an aromatic ring is 1. The van der Waals surface area contributed by atoms with Crippen LogP contribution in [0.25, 0.3) is 11.3 Å². The minimum atomic E-state index is -0.567. The molecule has 6 heteroatoms. The number of ether oxygens (including phenoxy) is 2. The molecule has 0 aliphatic heterocycles. The second kappa shape index (κ2) is 8.34. The van der Waals surface area contributed by atoms with Gasteiger partial charge in [0.05, 0.1) is 5.69 Å². The van der Waals surface area contributed by atoms with Crippen LogP contribution in [-0.2, 0) is 9.53 Å². The molecular weight excluding hydrogens is 336 g/mol. The van der Waals surface area contributed by atoms with Crippen LogP contribution in [0, 0.1) is 0 Å². The molecule has 25 heavy (non-hydrogen) atoms. The minimum absolute atomic E-state index is 0.0522. The van der Waals surface area contributed by atoms with Crippen molar-refractivity contribution >= 4 is 22.4 Å². The number of hydrogen-bond acceptors (Lipinski definition) is 6. The van der Waals surface area contributed by atoms with Crippen molar-refractivity contribution in [2.75, 3.05) is 5.73 Å². The van der Waals surface area contributed by atoms with Crippen LogP contribution >= 0.6 is 11.3 Å². The molecule has 1 aromatic carbocycles. The number of nitrogens with two attached hydrogens (primary N) is 1. The van der Waals surface area contributed by atoms with Crippen molar-refractivity contribution in [2.45, 2.75) is 57.7 Å². The second-order valence-electron chi connectivity index (χ2n) is 6.31. The SMILES string of the molecule is CCC(Oc1ccc(-c2csc(N)n2)cc1)C(=O)OC1CCCCC1. The summed E-state index contributed by atoms with van der Waals surface area (Å²) in [5.41, 5.74) is 7.49. The van der Waals surface area contributed by atoms with Gasteiger partial charge >= 0.3 is 5.97 Å². The fourth-order valence-electron chi connectivity index (χ4n) is 3.01. The topological polar surface area (TPSA) is 74.4 Å². The lowest BCUT2D eigenvalue weighted by Crippen LogP contribution is -2.32. The number of anilines is 1. The Hall–Kier alpha value is -2.08. The first-order valence-corrected chi connectivity index (χ1v) is 9.72. The van der Waals surface area contributed by atoms with Gasteiger partial charge in [-0.25, -0.2) is 9.78 Å². The Morgan fingerprint density at radius 1 is 1.28 bits per heavy atom. The molecular formula is C19H24N2O3S. The number of carbonyl (C=O) groups is 1. The van der Waals surface area contributed by atoms with Crippen LogP contribution in [0.2, 0.25) is 0 Å². The maximum Gasteiger partial charge on any atom is 0.347 e. The highest BCUT2D eigenvalue weighted by Gasteiger charge is 2.25. The maximum atomic E-state index is 12.4. The van der Waals surface area contributed by atoms with Crippen LogP contribution in [0.4, 0.5) is 5.13 Å². The number of benzene rings is 1. The van der Waals surface area contributed by atoms with Gasteiger partial charge in [0.25, 0.3) is 0 Å². The summed E-state index contributed by atoms with van der Waals surface area (Å²) in [7, 11) is 0. The van der Waals surface area contributed by atoms with Crippen molar-refractivity contribution in [3.63, 3.8) is 0 Å². The normalized spacial score (nSPS) is 16.4. The van der Waals surface area contributed by atoms with E-state index < -0.39 is 6.10 Å². The first-order valence-electron chi connectivity index (χ1n) is 8.84. The van der Waals surface area contributed by atoms with Gasteiger partial charge in [0.2, 0.25) is 0 Å². The van der Waals surface area contributed by atoms with Gasteiger partial charge in [0, 0.05) is 10.9 Å². The van der Waals surface area contributed by atoms with E-state index in [0.29, 0.717) is 17.3 Å². The Bertz CT molecular complexity index is 693. The van der Waals surface area contributed by atoms with E-state index in [2.05, 4.69) is 4.98 Å². The van der Waals surface area contributed by atoms with E-state index in [4.69, 9.17) is 15.2 Å². The summed E-state index contributed by atoms with van der Waals surface area (Å²) >= 11 is 1.41. The van der Waals surface area contributed by atoms with E-state index in [-0.39, 0.29) is 12.1 Å². The predicted octanol–water partition coefficient (Wildman–Crippen LogP) is 4.43. The van der Waals surface area contributed by atoms with Crippen molar-refractivity contribution in [3.8, 4) is 17.0 Å². The molecule has 1 heterocycles. The minimum Gasteiger partial charge on any atom is -0.479 e. The zero-order chi connectivity index (χ0) is 17.6. The van der Waals surface area contributed by atoms with Crippen LogP contribution in [0.5, 0.6) is 5.75 Å². The summed E-state index contributed by atoms with van der Waals surface area (Å²) in [4.78, 5) is 16.6. The lowest BCUT2D eigenvalue weighted by Gasteiger charge is -2.24. The molecule has 0 amide bonds. The zero-order valence-electron chi connectivity index (χ0n) is 14.4. The number of rotatable bonds is 6. The number of esters is 1. The van der Waals surface area contributed by atoms with E-state index in [1.165, 1.54) is 17.8 Å². The van der Waals surface area contributed by atoms with Gasteiger partial charge in [-0.3, -0.25) is 0 Å². The molecule has 3 rings (SSSR count). The molecule has 134 valence electrons. The van der Waals surface area contributed by atoms with Crippen LogP contribution in [0.3, 0.4) is 0 Å². The molecule has 1 aliphatic carbocycles. The third kappa shape index (κ3) is 4.72. The van der Waals surface area contributed by atoms with E-state index in [1.807, 2.05) is 36.6 Å². The third-order valence-electron chi connectivity index (χ3n) is 4.42. The molecule has 0 bridgehead atoms. The van der Waals surface area contributed by atoms with Gasteiger partial charge in [0.15, 0.2) is 11.2 Å². The Labute approximate surface area is 152 Å². The summed E-state index contributed by atoms with van der Waals surface area (Å²) in [6.07, 6.45) is 5.51. The Morgan fingerprint density at radius 2 is 2.00 bits per heavy atom. The number of carbonyl (C=O) groups excluding carboxylic acids is 1. The highest BCUT2D eigenvalue weighted by molar-refractivity contribution is 7.13. The molecule has 1 aromatic heterocycles. The largest absolute Gasteiger partial charge is 0.479 e. The van der Waals surface area contributed by atoms with E-state index >= 15 is 0 Å². The molecule has 1 atom stereocenters. The first-order chi connectivity index (χ1) is 12.2. The van der Waals surface area contributed by atoms with Gasteiger partial charge in [-0.2, -0.15) is 0 Å².